The summed E-state index contributed by atoms with van der Waals surface area (Å²) in [5.74, 6) is -1.02. The van der Waals surface area contributed by atoms with E-state index in [1.54, 1.807) is 32.2 Å². The number of nitrogens with zero attached hydrogens (tertiary/aromatic N) is 2. The maximum Gasteiger partial charge on any atom is 0.329 e. The fourth-order valence-electron chi connectivity index (χ4n) is 3.04. The van der Waals surface area contributed by atoms with E-state index in [2.05, 4.69) is 10.4 Å². The molecule has 1 N–H and O–H groups in total. The highest BCUT2D eigenvalue weighted by molar-refractivity contribution is 7.12. The molecule has 2 amide bonds. The van der Waals surface area contributed by atoms with Crippen LogP contribution in [0.3, 0.4) is 0 Å². The van der Waals surface area contributed by atoms with Crippen molar-refractivity contribution < 1.29 is 23.5 Å². The van der Waals surface area contributed by atoms with Gasteiger partial charge in [0.05, 0.1) is 16.9 Å². The van der Waals surface area contributed by atoms with Crippen LogP contribution in [-0.4, -0.2) is 41.2 Å². The average Bonchev–Trinajstić information content (AvgIpc) is 3.43. The first kappa shape index (κ1) is 20.8. The Hall–Kier alpha value is -2.94. The number of nitrogens with one attached hydrogen (secondary N) is 1. The van der Waals surface area contributed by atoms with Gasteiger partial charge in [-0.25, -0.2) is 9.80 Å². The minimum absolute atomic E-state index is 0.174. The molecule has 1 aliphatic heterocycles. The van der Waals surface area contributed by atoms with Crippen molar-refractivity contribution in [2.45, 2.75) is 39.3 Å². The van der Waals surface area contributed by atoms with Gasteiger partial charge in [0.1, 0.15) is 17.8 Å². The monoisotopic (exact) mass is 417 g/mol. The molecule has 8 nitrogen and oxygen atoms in total. The Balaban J connectivity index is 1.71. The first-order valence-electron chi connectivity index (χ1n) is 9.27. The van der Waals surface area contributed by atoms with E-state index in [9.17, 15) is 14.4 Å². The maximum atomic E-state index is 12.8. The molecule has 2 atom stereocenters. The fraction of sp³-hybridized carbons (Fsp3) is 0.400. The lowest BCUT2D eigenvalue weighted by Crippen LogP contribution is -2.45. The molecule has 0 radical (unpaired) electrons. The minimum atomic E-state index is -0.815. The number of rotatable bonds is 7. The Bertz CT molecular complexity index is 889. The Kier molecular flexibility index (Phi) is 6.48. The second kappa shape index (κ2) is 9.04. The van der Waals surface area contributed by atoms with Crippen LogP contribution in [0.4, 0.5) is 0 Å². The van der Waals surface area contributed by atoms with Crippen LogP contribution in [0.2, 0.25) is 0 Å². The number of ether oxygens (including phenoxy) is 1. The summed E-state index contributed by atoms with van der Waals surface area (Å²) in [5.41, 5.74) is 0.777. The van der Waals surface area contributed by atoms with Crippen LogP contribution in [0.5, 0.6) is 0 Å². The Morgan fingerprint density at radius 1 is 1.34 bits per heavy atom. The molecule has 2 aromatic heterocycles. The predicted molar refractivity (Wildman–Crippen MR) is 107 cm³/mol. The minimum Gasteiger partial charge on any atom is -0.467 e. The number of hydrogen-bond acceptors (Lipinski definition) is 7. The molecule has 0 aromatic carbocycles. The molecule has 0 unspecified atom stereocenters. The summed E-state index contributed by atoms with van der Waals surface area (Å²) in [6, 6.07) is 6.19. The predicted octanol–water partition coefficient (Wildman–Crippen LogP) is 2.72. The van der Waals surface area contributed by atoms with Crippen molar-refractivity contribution in [3.8, 4) is 0 Å². The van der Waals surface area contributed by atoms with Gasteiger partial charge in [-0.2, -0.15) is 5.10 Å². The maximum absolute atomic E-state index is 12.8. The van der Waals surface area contributed by atoms with Crippen LogP contribution >= 0.6 is 11.3 Å². The zero-order valence-electron chi connectivity index (χ0n) is 16.5. The van der Waals surface area contributed by atoms with Crippen LogP contribution in [0.15, 0.2) is 45.4 Å². The average molecular weight is 417 g/mol. The van der Waals surface area contributed by atoms with E-state index in [4.69, 9.17) is 9.15 Å². The van der Waals surface area contributed by atoms with E-state index in [1.165, 1.54) is 23.3 Å². The van der Waals surface area contributed by atoms with E-state index in [1.807, 2.05) is 17.5 Å². The lowest BCUT2D eigenvalue weighted by atomic mass is 10.0. The van der Waals surface area contributed by atoms with Crippen LogP contribution in [0.1, 0.15) is 43.9 Å². The molecule has 3 rings (SSSR count). The van der Waals surface area contributed by atoms with E-state index >= 15 is 0 Å². The number of hydrazone groups is 1. The van der Waals surface area contributed by atoms with Gasteiger partial charge in [0.15, 0.2) is 6.61 Å². The summed E-state index contributed by atoms with van der Waals surface area (Å²) in [5, 5.41) is 10.3. The molecule has 0 bridgehead atoms. The molecule has 1 aliphatic rings. The third kappa shape index (κ3) is 4.92. The van der Waals surface area contributed by atoms with Crippen LogP contribution < -0.4 is 5.32 Å². The van der Waals surface area contributed by atoms with Gasteiger partial charge in [-0.15, -0.1) is 11.3 Å². The Morgan fingerprint density at radius 3 is 2.72 bits per heavy atom. The smallest absolute Gasteiger partial charge is 0.329 e. The van der Waals surface area contributed by atoms with Crippen molar-refractivity contribution in [1.29, 1.82) is 0 Å². The number of carbonyl (C=O) groups excluding carboxylic acids is 3. The third-order valence-corrected chi connectivity index (χ3v) is 5.38. The summed E-state index contributed by atoms with van der Waals surface area (Å²) in [7, 11) is 0. The molecule has 29 heavy (non-hydrogen) atoms. The van der Waals surface area contributed by atoms with E-state index in [0.29, 0.717) is 12.2 Å². The second-order valence-corrected chi connectivity index (χ2v) is 7.98. The van der Waals surface area contributed by atoms with Gasteiger partial charge in [-0.05, 0) is 29.5 Å². The number of hydrogen-bond donors (Lipinski definition) is 1. The van der Waals surface area contributed by atoms with Crippen molar-refractivity contribution in [2.24, 2.45) is 11.0 Å². The van der Waals surface area contributed by atoms with Gasteiger partial charge in [-0.1, -0.05) is 19.9 Å². The van der Waals surface area contributed by atoms with Gasteiger partial charge in [-0.3, -0.25) is 9.59 Å². The highest BCUT2D eigenvalue weighted by Gasteiger charge is 2.36. The topological polar surface area (TPSA) is 101 Å². The molecule has 0 aliphatic carbocycles. The lowest BCUT2D eigenvalue weighted by molar-refractivity contribution is -0.156. The summed E-state index contributed by atoms with van der Waals surface area (Å²) in [4.78, 5) is 37.4. The third-order valence-electron chi connectivity index (χ3n) is 4.46. The standard InChI is InChI=1S/C20H23N3O5S/c1-12(2)19(21-13(3)24)20(26)28-11-18(25)23-15(16-6-4-8-27-16)10-14(22-23)17-7-5-9-29-17/h4-9,12,15,19H,10-11H2,1-3H3,(H,21,24)/t15-,19-/m1/s1. The molecule has 2 aromatic rings. The van der Waals surface area contributed by atoms with E-state index in [0.717, 1.165) is 10.6 Å². The molecule has 0 saturated carbocycles. The quantitative estimate of drug-likeness (QED) is 0.698. The van der Waals surface area contributed by atoms with Gasteiger partial charge in [0, 0.05) is 13.3 Å². The van der Waals surface area contributed by atoms with Gasteiger partial charge in [0.2, 0.25) is 5.91 Å². The molecular weight excluding hydrogens is 394 g/mol. The molecule has 9 heteroatoms. The van der Waals surface area contributed by atoms with Crippen molar-refractivity contribution in [1.82, 2.24) is 10.3 Å². The highest BCUT2D eigenvalue weighted by Crippen LogP contribution is 2.34. The van der Waals surface area contributed by atoms with Crippen LogP contribution in [0, 0.1) is 5.92 Å². The largest absolute Gasteiger partial charge is 0.467 e. The zero-order chi connectivity index (χ0) is 21.0. The van der Waals surface area contributed by atoms with Crippen LogP contribution in [0.25, 0.3) is 0 Å². The van der Waals surface area contributed by atoms with Crippen molar-refractivity contribution in [3.05, 3.63) is 46.5 Å². The van der Waals surface area contributed by atoms with Crippen LogP contribution in [-0.2, 0) is 19.1 Å². The SMILES string of the molecule is CC(=O)N[C@@H](C(=O)OCC(=O)N1N=C(c2cccs2)C[C@@H]1c1ccco1)C(C)C. The molecule has 0 fully saturated rings. The Morgan fingerprint density at radius 2 is 2.14 bits per heavy atom. The first-order chi connectivity index (χ1) is 13.9. The van der Waals surface area contributed by atoms with Gasteiger partial charge < -0.3 is 14.5 Å². The van der Waals surface area contributed by atoms with E-state index in [-0.39, 0.29) is 11.8 Å². The van der Waals surface area contributed by atoms with Crippen molar-refractivity contribution in [2.75, 3.05) is 6.61 Å². The number of esters is 1. The van der Waals surface area contributed by atoms with Gasteiger partial charge >= 0.3 is 5.97 Å². The molecule has 3 heterocycles. The zero-order valence-corrected chi connectivity index (χ0v) is 17.3. The number of amides is 2. The Labute approximate surface area is 172 Å². The van der Waals surface area contributed by atoms with Gasteiger partial charge in [0.25, 0.3) is 5.91 Å². The number of thiophene rings is 1. The second-order valence-electron chi connectivity index (χ2n) is 7.03. The molecule has 0 saturated heterocycles. The molecule has 0 spiro atoms. The summed E-state index contributed by atoms with van der Waals surface area (Å²) in [6.45, 7) is 4.43. The van der Waals surface area contributed by atoms with E-state index < -0.39 is 30.6 Å². The summed E-state index contributed by atoms with van der Waals surface area (Å²) >= 11 is 1.54. The number of furan rings is 1. The van der Waals surface area contributed by atoms with Crippen molar-refractivity contribution >= 4 is 34.8 Å². The van der Waals surface area contributed by atoms with Crippen molar-refractivity contribution in [3.63, 3.8) is 0 Å². The number of carbonyl (C=O) groups is 3. The normalized spacial score (nSPS) is 17.2. The fourth-order valence-corrected chi connectivity index (χ4v) is 3.76. The summed E-state index contributed by atoms with van der Waals surface area (Å²) in [6.07, 6.45) is 2.05. The summed E-state index contributed by atoms with van der Waals surface area (Å²) < 4.78 is 10.7. The highest BCUT2D eigenvalue weighted by atomic mass is 32.1. The first-order valence-corrected chi connectivity index (χ1v) is 10.1. The lowest BCUT2D eigenvalue weighted by Gasteiger charge is -2.22. The molecule has 154 valence electrons. The molecular formula is C20H23N3O5S.